The number of hydrogen-bond acceptors (Lipinski definition) is 6. The average Bonchev–Trinajstić information content (AvgIpc) is 2.62. The topological polar surface area (TPSA) is 90.4 Å². The molecule has 0 bridgehead atoms. The molecular weight excluding hydrogens is 236 g/mol. The van der Waals surface area contributed by atoms with Gasteiger partial charge in [0.2, 0.25) is 0 Å². The average molecular weight is 254 g/mol. The Morgan fingerprint density at radius 1 is 1.56 bits per heavy atom. The zero-order chi connectivity index (χ0) is 13.7. The van der Waals surface area contributed by atoms with Crippen LogP contribution in [0, 0.1) is 0 Å². The number of carbonyl (C=O) groups excluding carboxylic acids is 2. The molecule has 1 aromatic rings. The van der Waals surface area contributed by atoms with E-state index in [1.165, 1.54) is 0 Å². The predicted molar refractivity (Wildman–Crippen MR) is 64.5 cm³/mol. The number of esters is 2. The first kappa shape index (κ1) is 14.3. The van der Waals surface area contributed by atoms with Crippen LogP contribution in [0.5, 0.6) is 0 Å². The van der Waals surface area contributed by atoms with Crippen LogP contribution in [0.1, 0.15) is 5.69 Å². The van der Waals surface area contributed by atoms with Crippen LogP contribution >= 0.6 is 0 Å². The largest absolute Gasteiger partial charge is 0.391 e. The number of rotatable bonds is 5. The maximum atomic E-state index is 11.6. The molecular formula is C11H18N4O3. The van der Waals surface area contributed by atoms with Crippen molar-refractivity contribution in [2.75, 3.05) is 20.6 Å². The van der Waals surface area contributed by atoms with Gasteiger partial charge in [-0.25, -0.2) is 9.78 Å². The molecule has 1 heterocycles. The van der Waals surface area contributed by atoms with Crippen LogP contribution in [0.2, 0.25) is 0 Å². The Bertz CT molecular complexity index is 428. The van der Waals surface area contributed by atoms with E-state index in [1.807, 2.05) is 0 Å². The summed E-state index contributed by atoms with van der Waals surface area (Å²) in [5.41, 5.74) is 6.48. The van der Waals surface area contributed by atoms with Gasteiger partial charge in [-0.3, -0.25) is 9.69 Å². The molecule has 1 aromatic heterocycles. The van der Waals surface area contributed by atoms with Gasteiger partial charge in [0.25, 0.3) is 0 Å². The summed E-state index contributed by atoms with van der Waals surface area (Å²) in [6.07, 6.45) is 3.52. The van der Waals surface area contributed by atoms with Gasteiger partial charge < -0.3 is 15.0 Å². The number of ether oxygens (including phenoxy) is 1. The van der Waals surface area contributed by atoms with Crippen molar-refractivity contribution in [3.05, 3.63) is 18.2 Å². The first-order chi connectivity index (χ1) is 8.40. The summed E-state index contributed by atoms with van der Waals surface area (Å²) in [5, 5.41) is 0. The highest BCUT2D eigenvalue weighted by Crippen LogP contribution is 2.01. The van der Waals surface area contributed by atoms with Gasteiger partial charge >= 0.3 is 11.9 Å². The summed E-state index contributed by atoms with van der Waals surface area (Å²) < 4.78 is 6.40. The molecule has 0 aliphatic rings. The molecule has 0 amide bonds. The van der Waals surface area contributed by atoms with Crippen LogP contribution in [0.3, 0.4) is 0 Å². The second kappa shape index (κ2) is 6.27. The molecule has 2 N–H and O–H groups in total. The van der Waals surface area contributed by atoms with E-state index in [-0.39, 0.29) is 13.0 Å². The maximum Gasteiger partial charge on any atom is 0.330 e. The van der Waals surface area contributed by atoms with Crippen molar-refractivity contribution in [3.8, 4) is 0 Å². The quantitative estimate of drug-likeness (QED) is 0.531. The van der Waals surface area contributed by atoms with Crippen LogP contribution in [0.25, 0.3) is 0 Å². The zero-order valence-corrected chi connectivity index (χ0v) is 10.8. The van der Waals surface area contributed by atoms with Gasteiger partial charge in [-0.1, -0.05) is 0 Å². The van der Waals surface area contributed by atoms with Crippen LogP contribution < -0.4 is 5.73 Å². The Labute approximate surface area is 106 Å². The van der Waals surface area contributed by atoms with E-state index in [9.17, 15) is 9.59 Å². The third-order valence-corrected chi connectivity index (χ3v) is 2.31. The zero-order valence-electron chi connectivity index (χ0n) is 10.8. The molecule has 0 unspecified atom stereocenters. The smallest absolute Gasteiger partial charge is 0.330 e. The fraction of sp³-hybridized carbons (Fsp3) is 0.545. The highest BCUT2D eigenvalue weighted by Gasteiger charge is 2.20. The van der Waals surface area contributed by atoms with Gasteiger partial charge in [-0.15, -0.1) is 0 Å². The van der Waals surface area contributed by atoms with Crippen molar-refractivity contribution in [1.29, 1.82) is 0 Å². The molecule has 18 heavy (non-hydrogen) atoms. The van der Waals surface area contributed by atoms with E-state index in [4.69, 9.17) is 5.73 Å². The molecule has 0 aliphatic carbocycles. The van der Waals surface area contributed by atoms with Gasteiger partial charge in [0, 0.05) is 25.4 Å². The molecule has 1 atom stereocenters. The van der Waals surface area contributed by atoms with E-state index in [0.29, 0.717) is 0 Å². The van der Waals surface area contributed by atoms with Gasteiger partial charge in [-0.2, -0.15) is 0 Å². The number of carbonyl (C=O) groups is 2. The number of nitrogens with zero attached hydrogens (tertiary/aromatic N) is 3. The van der Waals surface area contributed by atoms with Crippen molar-refractivity contribution in [2.45, 2.75) is 12.5 Å². The number of hydrogen-bond donors (Lipinski definition) is 1. The third-order valence-electron chi connectivity index (χ3n) is 2.31. The summed E-state index contributed by atoms with van der Waals surface area (Å²) in [7, 11) is 5.22. The Kier molecular flexibility index (Phi) is 4.99. The molecule has 100 valence electrons. The molecule has 0 aromatic carbocycles. The van der Waals surface area contributed by atoms with Crippen LogP contribution in [-0.4, -0.2) is 53.1 Å². The number of aromatic nitrogens is 2. The highest BCUT2D eigenvalue weighted by molar-refractivity contribution is 5.89. The van der Waals surface area contributed by atoms with E-state index in [2.05, 4.69) is 9.72 Å². The fourth-order valence-corrected chi connectivity index (χ4v) is 1.37. The predicted octanol–water partition coefficient (Wildman–Crippen LogP) is -1.08. The minimum absolute atomic E-state index is 0.0458. The molecule has 1 rings (SSSR count). The maximum absolute atomic E-state index is 11.6. The standard InChI is InChI=1S/C11H18N4O3/c1-14(2)6-10(16)18-11(17)9(12)4-8-5-13-7-15(8)3/h5,7,9H,4,6,12H2,1-3H3/t9-/m0/s1. The van der Waals surface area contributed by atoms with Gasteiger partial charge in [0.05, 0.1) is 12.9 Å². The summed E-state index contributed by atoms with van der Waals surface area (Å²) in [5.74, 6) is -1.33. The molecule has 0 spiro atoms. The molecule has 0 aliphatic heterocycles. The van der Waals surface area contributed by atoms with Crippen molar-refractivity contribution >= 4 is 11.9 Å². The van der Waals surface area contributed by atoms with Crippen LogP contribution in [0.15, 0.2) is 12.5 Å². The van der Waals surface area contributed by atoms with Crippen molar-refractivity contribution in [3.63, 3.8) is 0 Å². The summed E-state index contributed by atoms with van der Waals surface area (Å²) in [4.78, 5) is 28.4. The lowest BCUT2D eigenvalue weighted by atomic mass is 10.2. The van der Waals surface area contributed by atoms with Gasteiger partial charge in [0.1, 0.15) is 6.04 Å². The SMILES string of the molecule is CN(C)CC(=O)OC(=O)[C@@H](N)Cc1cncn1C. The number of likely N-dealkylation sites (N-methyl/N-ethyl adjacent to an activating group) is 1. The van der Waals surface area contributed by atoms with E-state index < -0.39 is 18.0 Å². The van der Waals surface area contributed by atoms with E-state index >= 15 is 0 Å². The van der Waals surface area contributed by atoms with E-state index in [0.717, 1.165) is 5.69 Å². The lowest BCUT2D eigenvalue weighted by Crippen LogP contribution is -2.38. The first-order valence-corrected chi connectivity index (χ1v) is 5.50. The Balaban J connectivity index is 2.47. The molecule has 7 nitrogen and oxygen atoms in total. The molecule has 0 fully saturated rings. The molecule has 0 saturated carbocycles. The monoisotopic (exact) mass is 254 g/mol. The summed E-state index contributed by atoms with van der Waals surface area (Å²) >= 11 is 0. The Morgan fingerprint density at radius 2 is 2.22 bits per heavy atom. The minimum atomic E-state index is -0.869. The normalized spacial score (nSPS) is 12.5. The summed E-state index contributed by atoms with van der Waals surface area (Å²) in [6, 6.07) is -0.869. The second-order valence-electron chi connectivity index (χ2n) is 4.34. The Hall–Kier alpha value is -1.73. The third kappa shape index (κ3) is 4.27. The highest BCUT2D eigenvalue weighted by atomic mass is 16.6. The summed E-state index contributed by atoms with van der Waals surface area (Å²) in [6.45, 7) is 0.0458. The lowest BCUT2D eigenvalue weighted by molar-refractivity contribution is -0.160. The minimum Gasteiger partial charge on any atom is -0.391 e. The molecule has 7 heteroatoms. The van der Waals surface area contributed by atoms with Gasteiger partial charge in [0.15, 0.2) is 0 Å². The van der Waals surface area contributed by atoms with Crippen LogP contribution in [0.4, 0.5) is 0 Å². The molecule has 0 saturated heterocycles. The lowest BCUT2D eigenvalue weighted by Gasteiger charge is -2.12. The number of imidazole rings is 1. The number of aryl methyl sites for hydroxylation is 1. The van der Waals surface area contributed by atoms with Crippen molar-refractivity contribution in [2.24, 2.45) is 12.8 Å². The second-order valence-corrected chi connectivity index (χ2v) is 4.34. The number of nitrogens with two attached hydrogens (primary N) is 1. The first-order valence-electron chi connectivity index (χ1n) is 5.50. The van der Waals surface area contributed by atoms with Gasteiger partial charge in [-0.05, 0) is 14.1 Å². The van der Waals surface area contributed by atoms with E-state index in [1.54, 1.807) is 43.1 Å². The fourth-order valence-electron chi connectivity index (χ4n) is 1.37. The molecule has 0 radical (unpaired) electrons. The Morgan fingerprint density at radius 3 is 2.72 bits per heavy atom. The van der Waals surface area contributed by atoms with Crippen molar-refractivity contribution in [1.82, 2.24) is 14.5 Å². The van der Waals surface area contributed by atoms with Crippen molar-refractivity contribution < 1.29 is 14.3 Å². The van der Waals surface area contributed by atoms with Crippen LogP contribution in [-0.2, 0) is 27.8 Å².